The molecule has 4 heteroatoms. The van der Waals surface area contributed by atoms with Gasteiger partial charge in [0.25, 0.3) is 0 Å². The quantitative estimate of drug-likeness (QED) is 0.878. The van der Waals surface area contributed by atoms with Crippen molar-refractivity contribution < 1.29 is 14.2 Å². The zero-order valence-electron chi connectivity index (χ0n) is 10.4. The SMILES string of the molecule is CC[C@@H](O)c1ccccc1Oc1cccc(Cl)c1F. The number of hydrogen-bond donors (Lipinski definition) is 1. The van der Waals surface area contributed by atoms with Crippen LogP contribution in [0.15, 0.2) is 42.5 Å². The number of aliphatic hydroxyl groups excluding tert-OH is 1. The van der Waals surface area contributed by atoms with Crippen molar-refractivity contribution in [2.24, 2.45) is 0 Å². The van der Waals surface area contributed by atoms with Crippen LogP contribution in [-0.2, 0) is 0 Å². The molecule has 0 amide bonds. The third-order valence-electron chi connectivity index (χ3n) is 2.80. The number of aliphatic hydroxyl groups is 1. The van der Waals surface area contributed by atoms with Gasteiger partial charge < -0.3 is 9.84 Å². The van der Waals surface area contributed by atoms with Gasteiger partial charge in [0.15, 0.2) is 11.6 Å². The summed E-state index contributed by atoms with van der Waals surface area (Å²) in [7, 11) is 0. The average Bonchev–Trinajstić information content (AvgIpc) is 2.43. The van der Waals surface area contributed by atoms with Crippen LogP contribution in [0.3, 0.4) is 0 Å². The van der Waals surface area contributed by atoms with Gasteiger partial charge in [-0.1, -0.05) is 42.8 Å². The molecule has 0 unspecified atom stereocenters. The molecule has 0 aliphatic heterocycles. The average molecular weight is 281 g/mol. The second kappa shape index (κ2) is 6.04. The summed E-state index contributed by atoms with van der Waals surface area (Å²) in [6, 6.07) is 11.6. The van der Waals surface area contributed by atoms with E-state index in [1.165, 1.54) is 12.1 Å². The molecular weight excluding hydrogens is 267 g/mol. The Morgan fingerprint density at radius 1 is 1.16 bits per heavy atom. The van der Waals surface area contributed by atoms with Crippen molar-refractivity contribution in [2.45, 2.75) is 19.4 Å². The Labute approximate surface area is 116 Å². The van der Waals surface area contributed by atoms with E-state index in [9.17, 15) is 9.50 Å². The second-order valence-electron chi connectivity index (χ2n) is 4.12. The smallest absolute Gasteiger partial charge is 0.184 e. The molecule has 0 fully saturated rings. The first kappa shape index (κ1) is 13.8. The minimum atomic E-state index is -0.640. The first-order valence-electron chi connectivity index (χ1n) is 6.02. The lowest BCUT2D eigenvalue weighted by Crippen LogP contribution is -1.99. The van der Waals surface area contributed by atoms with Gasteiger partial charge in [0, 0.05) is 5.56 Å². The summed E-state index contributed by atoms with van der Waals surface area (Å²) in [6.07, 6.45) is -0.0864. The fourth-order valence-corrected chi connectivity index (χ4v) is 1.92. The Hall–Kier alpha value is -1.58. The van der Waals surface area contributed by atoms with E-state index >= 15 is 0 Å². The number of halogens is 2. The second-order valence-corrected chi connectivity index (χ2v) is 4.52. The summed E-state index contributed by atoms with van der Waals surface area (Å²) in [5.41, 5.74) is 0.629. The molecule has 19 heavy (non-hydrogen) atoms. The lowest BCUT2D eigenvalue weighted by Gasteiger charge is -2.15. The molecule has 2 rings (SSSR count). The molecular formula is C15H14ClFO2. The van der Waals surface area contributed by atoms with E-state index in [1.807, 2.05) is 6.92 Å². The summed E-state index contributed by atoms with van der Waals surface area (Å²) >= 11 is 5.71. The van der Waals surface area contributed by atoms with Gasteiger partial charge in [-0.2, -0.15) is 0 Å². The molecule has 1 N–H and O–H groups in total. The summed E-state index contributed by atoms with van der Waals surface area (Å²) in [6.45, 7) is 1.86. The predicted octanol–water partition coefficient (Wildman–Crippen LogP) is 4.71. The molecule has 0 saturated heterocycles. The third-order valence-corrected chi connectivity index (χ3v) is 3.09. The maximum absolute atomic E-state index is 13.8. The Morgan fingerprint density at radius 2 is 1.84 bits per heavy atom. The van der Waals surface area contributed by atoms with Gasteiger partial charge in [-0.3, -0.25) is 0 Å². The van der Waals surface area contributed by atoms with Crippen LogP contribution in [-0.4, -0.2) is 5.11 Å². The molecule has 2 nitrogen and oxygen atoms in total. The van der Waals surface area contributed by atoms with Crippen LogP contribution in [0.2, 0.25) is 5.02 Å². The van der Waals surface area contributed by atoms with E-state index < -0.39 is 11.9 Å². The van der Waals surface area contributed by atoms with Crippen LogP contribution in [0.4, 0.5) is 4.39 Å². The third kappa shape index (κ3) is 3.06. The zero-order chi connectivity index (χ0) is 13.8. The fourth-order valence-electron chi connectivity index (χ4n) is 1.75. The number of benzene rings is 2. The van der Waals surface area contributed by atoms with Crippen molar-refractivity contribution in [2.75, 3.05) is 0 Å². The maximum atomic E-state index is 13.8. The van der Waals surface area contributed by atoms with Crippen LogP contribution in [0.5, 0.6) is 11.5 Å². The minimum Gasteiger partial charge on any atom is -0.454 e. The predicted molar refractivity (Wildman–Crippen MR) is 73.2 cm³/mol. The van der Waals surface area contributed by atoms with Crippen molar-refractivity contribution >= 4 is 11.6 Å². The standard InChI is InChI=1S/C15H14ClFO2/c1-2-12(18)10-6-3-4-8-13(10)19-14-9-5-7-11(16)15(14)17/h3-9,12,18H,2H2,1H3/t12-/m1/s1. The summed E-state index contributed by atoms with van der Waals surface area (Å²) < 4.78 is 19.3. The summed E-state index contributed by atoms with van der Waals surface area (Å²) in [5.74, 6) is -0.133. The highest BCUT2D eigenvalue weighted by Gasteiger charge is 2.14. The highest BCUT2D eigenvalue weighted by Crippen LogP contribution is 2.33. The molecule has 0 saturated carbocycles. The Balaban J connectivity index is 2.36. The van der Waals surface area contributed by atoms with E-state index in [0.717, 1.165) is 0 Å². The van der Waals surface area contributed by atoms with E-state index in [1.54, 1.807) is 30.3 Å². The van der Waals surface area contributed by atoms with Gasteiger partial charge >= 0.3 is 0 Å². The van der Waals surface area contributed by atoms with Gasteiger partial charge in [-0.05, 0) is 24.6 Å². The van der Waals surface area contributed by atoms with Crippen LogP contribution >= 0.6 is 11.6 Å². The van der Waals surface area contributed by atoms with Gasteiger partial charge in [-0.15, -0.1) is 0 Å². The number of ether oxygens (including phenoxy) is 1. The fraction of sp³-hybridized carbons (Fsp3) is 0.200. The van der Waals surface area contributed by atoms with Crippen LogP contribution in [0, 0.1) is 5.82 Å². The molecule has 0 aliphatic rings. The Kier molecular flexibility index (Phi) is 4.40. The molecule has 100 valence electrons. The highest BCUT2D eigenvalue weighted by atomic mass is 35.5. The van der Waals surface area contributed by atoms with Crippen molar-refractivity contribution in [3.8, 4) is 11.5 Å². The lowest BCUT2D eigenvalue weighted by atomic mass is 10.1. The molecule has 0 bridgehead atoms. The maximum Gasteiger partial charge on any atom is 0.184 e. The minimum absolute atomic E-state index is 0.00558. The van der Waals surface area contributed by atoms with Gasteiger partial charge in [0.05, 0.1) is 11.1 Å². The van der Waals surface area contributed by atoms with Crippen LogP contribution < -0.4 is 4.74 Å². The first-order valence-corrected chi connectivity index (χ1v) is 6.40. The van der Waals surface area contributed by atoms with Crippen molar-refractivity contribution in [1.82, 2.24) is 0 Å². The Bertz CT molecular complexity index is 572. The summed E-state index contributed by atoms with van der Waals surface area (Å²) in [5, 5.41) is 9.92. The van der Waals surface area contributed by atoms with Crippen molar-refractivity contribution in [3.05, 3.63) is 58.9 Å². The van der Waals surface area contributed by atoms with Crippen molar-refractivity contribution in [1.29, 1.82) is 0 Å². The normalized spacial score (nSPS) is 12.2. The molecule has 0 spiro atoms. The lowest BCUT2D eigenvalue weighted by molar-refractivity contribution is 0.170. The molecule has 2 aromatic rings. The molecule has 0 aliphatic carbocycles. The number of rotatable bonds is 4. The first-order chi connectivity index (χ1) is 9.13. The number of para-hydroxylation sites is 1. The van der Waals surface area contributed by atoms with Crippen molar-refractivity contribution in [3.63, 3.8) is 0 Å². The Morgan fingerprint density at radius 3 is 2.58 bits per heavy atom. The topological polar surface area (TPSA) is 29.5 Å². The zero-order valence-corrected chi connectivity index (χ0v) is 11.2. The van der Waals surface area contributed by atoms with Crippen LogP contribution in [0.25, 0.3) is 0 Å². The van der Waals surface area contributed by atoms with Gasteiger partial charge in [-0.25, -0.2) is 4.39 Å². The van der Waals surface area contributed by atoms with E-state index in [4.69, 9.17) is 16.3 Å². The van der Waals surface area contributed by atoms with E-state index in [-0.39, 0.29) is 10.8 Å². The monoisotopic (exact) mass is 280 g/mol. The summed E-state index contributed by atoms with van der Waals surface area (Å²) in [4.78, 5) is 0. The van der Waals surface area contributed by atoms with E-state index in [0.29, 0.717) is 17.7 Å². The van der Waals surface area contributed by atoms with Gasteiger partial charge in [0.2, 0.25) is 0 Å². The molecule has 1 atom stereocenters. The molecule has 2 aromatic carbocycles. The number of hydrogen-bond acceptors (Lipinski definition) is 2. The molecule has 0 radical (unpaired) electrons. The molecule has 0 heterocycles. The van der Waals surface area contributed by atoms with Crippen LogP contribution in [0.1, 0.15) is 25.0 Å². The largest absolute Gasteiger partial charge is 0.454 e. The van der Waals surface area contributed by atoms with Gasteiger partial charge in [0.1, 0.15) is 5.75 Å². The highest BCUT2D eigenvalue weighted by molar-refractivity contribution is 6.30. The van der Waals surface area contributed by atoms with E-state index in [2.05, 4.69) is 0 Å². The molecule has 0 aromatic heterocycles.